The van der Waals surface area contributed by atoms with Gasteiger partial charge in [0.05, 0.1) is 11.8 Å². The summed E-state index contributed by atoms with van der Waals surface area (Å²) in [5.74, 6) is -4.09. The van der Waals surface area contributed by atoms with Crippen LogP contribution in [0, 0.1) is 29.0 Å². The van der Waals surface area contributed by atoms with Crippen LogP contribution in [-0.4, -0.2) is 42.3 Å². The number of carbonyl (C=O) groups excluding carboxylic acids is 4. The molecule has 3 atom stereocenters. The number of nitriles is 1. The molecule has 1 heterocycles. The van der Waals surface area contributed by atoms with Crippen LogP contribution in [0.2, 0.25) is 0 Å². The Labute approximate surface area is 179 Å². The Bertz CT molecular complexity index is 883. The number of hydrogen-bond donors (Lipinski definition) is 4. The Hall–Kier alpha value is -3.48. The molecular formula is C21H26FN5O4. The van der Waals surface area contributed by atoms with Crippen LogP contribution in [-0.2, 0) is 19.2 Å². The molecule has 0 unspecified atom stereocenters. The van der Waals surface area contributed by atoms with Crippen molar-refractivity contribution in [3.8, 4) is 6.07 Å². The molecule has 1 fully saturated rings. The molecular weight excluding hydrogens is 405 g/mol. The lowest BCUT2D eigenvalue weighted by Gasteiger charge is -2.22. The normalized spacial score (nSPS) is 17.3. The Morgan fingerprint density at radius 3 is 2.52 bits per heavy atom. The van der Waals surface area contributed by atoms with E-state index in [2.05, 4.69) is 21.3 Å². The second kappa shape index (κ2) is 11.1. The standard InChI is InChI=1S/C21H26FN5O4/c1-12(2)9-17(19(29)25-14(11-23)10-13-7-8-24-18(13)28)27-21(31)20(30)26-16-6-4-3-5-15(16)22/h3-6,12-14,17H,7-10H2,1-2H3,(H,24,28)(H,25,29)(H,26,30)(H,27,31)/t13-,14-,17-/m0/s1. The van der Waals surface area contributed by atoms with Crippen LogP contribution in [0.5, 0.6) is 0 Å². The van der Waals surface area contributed by atoms with Crippen molar-refractivity contribution >= 4 is 29.3 Å². The predicted molar refractivity (Wildman–Crippen MR) is 110 cm³/mol. The summed E-state index contributed by atoms with van der Waals surface area (Å²) in [6.45, 7) is 4.19. The molecule has 0 radical (unpaired) electrons. The average Bonchev–Trinajstić information content (AvgIpc) is 3.12. The SMILES string of the molecule is CC(C)C[C@H](NC(=O)C(=O)Nc1ccccc1F)C(=O)N[C@H](C#N)C[C@@H]1CCNC1=O. The molecule has 9 nitrogen and oxygen atoms in total. The van der Waals surface area contributed by atoms with Crippen molar-refractivity contribution in [2.24, 2.45) is 11.8 Å². The molecule has 31 heavy (non-hydrogen) atoms. The van der Waals surface area contributed by atoms with Gasteiger partial charge in [-0.3, -0.25) is 19.2 Å². The minimum atomic E-state index is -1.12. The van der Waals surface area contributed by atoms with Gasteiger partial charge in [-0.1, -0.05) is 26.0 Å². The lowest BCUT2D eigenvalue weighted by Crippen LogP contribution is -2.52. The Balaban J connectivity index is 2.00. The third-order valence-electron chi connectivity index (χ3n) is 4.81. The summed E-state index contributed by atoms with van der Waals surface area (Å²) in [7, 11) is 0. The molecule has 0 bridgehead atoms. The van der Waals surface area contributed by atoms with Crippen LogP contribution in [0.15, 0.2) is 24.3 Å². The number of anilines is 1. The first-order valence-corrected chi connectivity index (χ1v) is 10.0. The molecule has 0 saturated carbocycles. The lowest BCUT2D eigenvalue weighted by molar-refractivity contribution is -0.138. The first-order chi connectivity index (χ1) is 14.7. The molecule has 4 amide bonds. The first-order valence-electron chi connectivity index (χ1n) is 10.0. The van der Waals surface area contributed by atoms with Crippen molar-refractivity contribution < 1.29 is 23.6 Å². The predicted octanol–water partition coefficient (Wildman–Crippen LogP) is 0.830. The molecule has 0 aliphatic carbocycles. The van der Waals surface area contributed by atoms with E-state index in [1.165, 1.54) is 18.2 Å². The van der Waals surface area contributed by atoms with Crippen molar-refractivity contribution in [2.45, 2.75) is 45.2 Å². The van der Waals surface area contributed by atoms with Gasteiger partial charge in [-0.15, -0.1) is 0 Å². The summed E-state index contributed by atoms with van der Waals surface area (Å²) in [6, 6.07) is 5.34. The van der Waals surface area contributed by atoms with Crippen LogP contribution < -0.4 is 21.3 Å². The maximum atomic E-state index is 13.7. The maximum absolute atomic E-state index is 13.7. The van der Waals surface area contributed by atoms with Crippen LogP contribution >= 0.6 is 0 Å². The minimum absolute atomic E-state index is 0.00757. The van der Waals surface area contributed by atoms with E-state index in [4.69, 9.17) is 0 Å². The summed E-state index contributed by atoms with van der Waals surface area (Å²) < 4.78 is 13.7. The number of nitrogens with zero attached hydrogens (tertiary/aromatic N) is 1. The van der Waals surface area contributed by atoms with Gasteiger partial charge in [-0.25, -0.2) is 4.39 Å². The van der Waals surface area contributed by atoms with E-state index in [0.717, 1.165) is 6.07 Å². The Morgan fingerprint density at radius 2 is 1.94 bits per heavy atom. The fourth-order valence-corrected chi connectivity index (χ4v) is 3.24. The summed E-state index contributed by atoms with van der Waals surface area (Å²) in [6.07, 6.45) is 0.950. The smallest absolute Gasteiger partial charge is 0.313 e. The highest BCUT2D eigenvalue weighted by molar-refractivity contribution is 6.40. The number of nitrogens with one attached hydrogen (secondary N) is 4. The molecule has 0 aromatic heterocycles. The fraction of sp³-hybridized carbons (Fsp3) is 0.476. The summed E-state index contributed by atoms with van der Waals surface area (Å²) in [5, 5.41) is 19.1. The number of para-hydroxylation sites is 1. The minimum Gasteiger partial charge on any atom is -0.356 e. The highest BCUT2D eigenvalue weighted by Gasteiger charge is 2.31. The van der Waals surface area contributed by atoms with E-state index in [1.807, 2.05) is 19.9 Å². The third-order valence-corrected chi connectivity index (χ3v) is 4.81. The number of benzene rings is 1. The highest BCUT2D eigenvalue weighted by atomic mass is 19.1. The number of halogens is 1. The molecule has 0 spiro atoms. The summed E-state index contributed by atoms with van der Waals surface area (Å²) in [5.41, 5.74) is -0.160. The van der Waals surface area contributed by atoms with E-state index in [0.29, 0.717) is 13.0 Å². The quantitative estimate of drug-likeness (QED) is 0.451. The Morgan fingerprint density at radius 1 is 1.23 bits per heavy atom. The van der Waals surface area contributed by atoms with Gasteiger partial charge >= 0.3 is 11.8 Å². The van der Waals surface area contributed by atoms with E-state index in [1.54, 1.807) is 0 Å². The molecule has 166 valence electrons. The van der Waals surface area contributed by atoms with Gasteiger partial charge in [0.1, 0.15) is 17.9 Å². The first kappa shape index (κ1) is 23.8. The lowest BCUT2D eigenvalue weighted by atomic mass is 9.98. The number of rotatable bonds is 8. The summed E-state index contributed by atoms with van der Waals surface area (Å²) in [4.78, 5) is 48.9. The zero-order valence-corrected chi connectivity index (χ0v) is 17.4. The van der Waals surface area contributed by atoms with Gasteiger partial charge in [0.15, 0.2) is 0 Å². The van der Waals surface area contributed by atoms with Gasteiger partial charge in [-0.05, 0) is 37.3 Å². The molecule has 1 aromatic rings. The highest BCUT2D eigenvalue weighted by Crippen LogP contribution is 2.16. The number of amides is 4. The molecule has 1 aromatic carbocycles. The molecule has 1 aliphatic heterocycles. The zero-order chi connectivity index (χ0) is 23.0. The van der Waals surface area contributed by atoms with Gasteiger partial charge in [-0.2, -0.15) is 5.26 Å². The maximum Gasteiger partial charge on any atom is 0.313 e. The van der Waals surface area contributed by atoms with Crippen molar-refractivity contribution in [3.63, 3.8) is 0 Å². The van der Waals surface area contributed by atoms with Gasteiger partial charge in [0.25, 0.3) is 0 Å². The van der Waals surface area contributed by atoms with Gasteiger partial charge in [0.2, 0.25) is 11.8 Å². The fourth-order valence-electron chi connectivity index (χ4n) is 3.24. The van der Waals surface area contributed by atoms with Crippen molar-refractivity contribution in [3.05, 3.63) is 30.1 Å². The summed E-state index contributed by atoms with van der Waals surface area (Å²) >= 11 is 0. The molecule has 2 rings (SSSR count). The number of hydrogen-bond acceptors (Lipinski definition) is 5. The van der Waals surface area contributed by atoms with E-state index in [9.17, 15) is 28.8 Å². The Kier molecular flexibility index (Phi) is 8.49. The average molecular weight is 431 g/mol. The van der Waals surface area contributed by atoms with E-state index >= 15 is 0 Å². The largest absolute Gasteiger partial charge is 0.356 e. The van der Waals surface area contributed by atoms with Gasteiger partial charge in [0, 0.05) is 12.5 Å². The van der Waals surface area contributed by atoms with Crippen LogP contribution in [0.25, 0.3) is 0 Å². The van der Waals surface area contributed by atoms with Crippen molar-refractivity contribution in [2.75, 3.05) is 11.9 Å². The van der Waals surface area contributed by atoms with E-state index < -0.39 is 35.6 Å². The second-order valence-electron chi connectivity index (χ2n) is 7.79. The zero-order valence-electron chi connectivity index (χ0n) is 17.4. The topological polar surface area (TPSA) is 140 Å². The van der Waals surface area contributed by atoms with E-state index in [-0.39, 0.29) is 36.3 Å². The van der Waals surface area contributed by atoms with Crippen LogP contribution in [0.1, 0.15) is 33.1 Å². The monoisotopic (exact) mass is 431 g/mol. The molecule has 10 heteroatoms. The molecule has 4 N–H and O–H groups in total. The third kappa shape index (κ3) is 7.06. The molecule has 1 saturated heterocycles. The van der Waals surface area contributed by atoms with Crippen LogP contribution in [0.4, 0.5) is 10.1 Å². The van der Waals surface area contributed by atoms with Gasteiger partial charge < -0.3 is 21.3 Å². The second-order valence-corrected chi connectivity index (χ2v) is 7.79. The van der Waals surface area contributed by atoms with Crippen LogP contribution in [0.3, 0.4) is 0 Å². The molecule has 1 aliphatic rings. The number of carbonyl (C=O) groups is 4. The van der Waals surface area contributed by atoms with Crippen molar-refractivity contribution in [1.29, 1.82) is 5.26 Å². The van der Waals surface area contributed by atoms with Crippen molar-refractivity contribution in [1.82, 2.24) is 16.0 Å².